The highest BCUT2D eigenvalue weighted by Crippen LogP contribution is 2.34. The van der Waals surface area contributed by atoms with Crippen LogP contribution in [0, 0.1) is 0 Å². The van der Waals surface area contributed by atoms with E-state index in [0.717, 1.165) is 25.7 Å². The molecular formula is C12H24O3. The maximum Gasteiger partial charge on any atom is 0.106 e. The summed E-state index contributed by atoms with van der Waals surface area (Å²) in [5, 5.41) is 10.1. The van der Waals surface area contributed by atoms with Gasteiger partial charge in [0.2, 0.25) is 0 Å². The maximum atomic E-state index is 10.1. The van der Waals surface area contributed by atoms with Crippen LogP contribution >= 0.6 is 0 Å². The highest BCUT2D eigenvalue weighted by molar-refractivity contribution is 4.91. The Bertz CT molecular complexity index is 159. The average Bonchev–Trinajstić information content (AvgIpc) is 2.27. The fourth-order valence-electron chi connectivity index (χ4n) is 2.39. The molecule has 0 aromatic rings. The Kier molecular flexibility index (Phi) is 5.58. The van der Waals surface area contributed by atoms with Gasteiger partial charge >= 0.3 is 0 Å². The predicted molar refractivity (Wildman–Crippen MR) is 59.9 cm³/mol. The molecule has 3 heteroatoms. The summed E-state index contributed by atoms with van der Waals surface area (Å²) >= 11 is 0. The summed E-state index contributed by atoms with van der Waals surface area (Å²) in [7, 11) is 0. The first kappa shape index (κ1) is 12.9. The Morgan fingerprint density at radius 1 is 1.13 bits per heavy atom. The van der Waals surface area contributed by atoms with E-state index in [1.807, 2.05) is 13.8 Å². The number of rotatable bonds is 6. The first-order valence-electron chi connectivity index (χ1n) is 6.15. The molecule has 0 aromatic carbocycles. The van der Waals surface area contributed by atoms with Crippen molar-refractivity contribution < 1.29 is 14.6 Å². The van der Waals surface area contributed by atoms with E-state index >= 15 is 0 Å². The molecule has 90 valence electrons. The van der Waals surface area contributed by atoms with Gasteiger partial charge < -0.3 is 14.6 Å². The zero-order chi connectivity index (χ0) is 11.1. The lowest BCUT2D eigenvalue weighted by molar-refractivity contribution is -0.157. The number of hydrogen-bond acceptors (Lipinski definition) is 3. The lowest BCUT2D eigenvalue weighted by Crippen LogP contribution is -2.48. The molecule has 1 aliphatic rings. The Labute approximate surface area is 92.8 Å². The highest BCUT2D eigenvalue weighted by Gasteiger charge is 2.39. The van der Waals surface area contributed by atoms with Crippen LogP contribution < -0.4 is 0 Å². The van der Waals surface area contributed by atoms with Crippen LogP contribution in [-0.2, 0) is 9.47 Å². The zero-order valence-corrected chi connectivity index (χ0v) is 10.00. The Morgan fingerprint density at radius 2 is 1.80 bits per heavy atom. The van der Waals surface area contributed by atoms with E-state index in [0.29, 0.717) is 19.8 Å². The van der Waals surface area contributed by atoms with Crippen LogP contribution in [0.3, 0.4) is 0 Å². The SMILES string of the molecule is CCOCC(O)C1(OCC)CCCCC1. The summed E-state index contributed by atoms with van der Waals surface area (Å²) in [6.07, 6.45) is 5.03. The third-order valence-corrected chi connectivity index (χ3v) is 3.22. The molecule has 1 rings (SSSR count). The van der Waals surface area contributed by atoms with Crippen LogP contribution in [-0.4, -0.2) is 36.6 Å². The summed E-state index contributed by atoms with van der Waals surface area (Å²) in [5.74, 6) is 0. The minimum Gasteiger partial charge on any atom is -0.388 e. The molecule has 1 fully saturated rings. The first-order valence-corrected chi connectivity index (χ1v) is 6.15. The lowest BCUT2D eigenvalue weighted by Gasteiger charge is -2.40. The van der Waals surface area contributed by atoms with Crippen LogP contribution in [0.1, 0.15) is 46.0 Å². The minimum absolute atomic E-state index is 0.331. The van der Waals surface area contributed by atoms with E-state index < -0.39 is 6.10 Å². The minimum atomic E-state index is -0.474. The molecule has 0 radical (unpaired) electrons. The number of aliphatic hydroxyl groups excluding tert-OH is 1. The third-order valence-electron chi connectivity index (χ3n) is 3.22. The van der Waals surface area contributed by atoms with Crippen molar-refractivity contribution in [3.8, 4) is 0 Å². The van der Waals surface area contributed by atoms with Crippen molar-refractivity contribution in [2.75, 3.05) is 19.8 Å². The second-order valence-corrected chi connectivity index (χ2v) is 4.23. The van der Waals surface area contributed by atoms with Crippen molar-refractivity contribution >= 4 is 0 Å². The molecule has 1 N–H and O–H groups in total. The number of hydrogen-bond donors (Lipinski definition) is 1. The third kappa shape index (κ3) is 3.44. The van der Waals surface area contributed by atoms with Crippen molar-refractivity contribution in [3.05, 3.63) is 0 Å². The molecular weight excluding hydrogens is 192 g/mol. The second kappa shape index (κ2) is 6.46. The summed E-state index contributed by atoms with van der Waals surface area (Å²) in [4.78, 5) is 0. The Balaban J connectivity index is 2.53. The molecule has 0 saturated heterocycles. The number of ether oxygens (including phenoxy) is 2. The fraction of sp³-hybridized carbons (Fsp3) is 1.00. The smallest absolute Gasteiger partial charge is 0.106 e. The van der Waals surface area contributed by atoms with Gasteiger partial charge in [-0.25, -0.2) is 0 Å². The van der Waals surface area contributed by atoms with Crippen molar-refractivity contribution in [2.24, 2.45) is 0 Å². The zero-order valence-electron chi connectivity index (χ0n) is 10.00. The Hall–Kier alpha value is -0.120. The summed E-state index contributed by atoms with van der Waals surface area (Å²) in [5.41, 5.74) is -0.331. The van der Waals surface area contributed by atoms with E-state index in [1.54, 1.807) is 0 Å². The molecule has 1 saturated carbocycles. The summed E-state index contributed by atoms with van der Waals surface area (Å²) < 4.78 is 11.1. The van der Waals surface area contributed by atoms with Gasteiger partial charge in [-0.05, 0) is 26.7 Å². The van der Waals surface area contributed by atoms with Crippen LogP contribution in [0.5, 0.6) is 0 Å². The van der Waals surface area contributed by atoms with Crippen LogP contribution in [0.2, 0.25) is 0 Å². The standard InChI is InChI=1S/C12H24O3/c1-3-14-10-11(13)12(15-4-2)8-6-5-7-9-12/h11,13H,3-10H2,1-2H3. The molecule has 0 heterocycles. The van der Waals surface area contributed by atoms with E-state index in [4.69, 9.17) is 9.47 Å². The molecule has 3 nitrogen and oxygen atoms in total. The van der Waals surface area contributed by atoms with Gasteiger partial charge in [-0.3, -0.25) is 0 Å². The highest BCUT2D eigenvalue weighted by atomic mass is 16.5. The molecule has 0 spiro atoms. The molecule has 0 aromatic heterocycles. The van der Waals surface area contributed by atoms with Gasteiger partial charge in [0.05, 0.1) is 12.2 Å². The molecule has 0 amide bonds. The van der Waals surface area contributed by atoms with Gasteiger partial charge in [-0.1, -0.05) is 19.3 Å². The molecule has 1 atom stereocenters. The second-order valence-electron chi connectivity index (χ2n) is 4.23. The van der Waals surface area contributed by atoms with E-state index in [-0.39, 0.29) is 5.60 Å². The lowest BCUT2D eigenvalue weighted by atomic mass is 9.80. The van der Waals surface area contributed by atoms with Gasteiger partial charge in [-0.2, -0.15) is 0 Å². The van der Waals surface area contributed by atoms with Gasteiger partial charge in [0, 0.05) is 13.2 Å². The fourth-order valence-corrected chi connectivity index (χ4v) is 2.39. The van der Waals surface area contributed by atoms with E-state index in [1.165, 1.54) is 6.42 Å². The molecule has 15 heavy (non-hydrogen) atoms. The average molecular weight is 216 g/mol. The molecule has 1 unspecified atom stereocenters. The van der Waals surface area contributed by atoms with Gasteiger partial charge in [0.15, 0.2) is 0 Å². The normalized spacial score (nSPS) is 22.6. The maximum absolute atomic E-state index is 10.1. The Morgan fingerprint density at radius 3 is 2.33 bits per heavy atom. The predicted octanol–water partition coefficient (Wildman–Crippen LogP) is 2.12. The van der Waals surface area contributed by atoms with Crippen molar-refractivity contribution in [2.45, 2.75) is 57.7 Å². The van der Waals surface area contributed by atoms with Crippen molar-refractivity contribution in [1.29, 1.82) is 0 Å². The molecule has 0 aliphatic heterocycles. The monoisotopic (exact) mass is 216 g/mol. The largest absolute Gasteiger partial charge is 0.388 e. The van der Waals surface area contributed by atoms with Gasteiger partial charge in [-0.15, -0.1) is 0 Å². The number of aliphatic hydroxyl groups is 1. The summed E-state index contributed by atoms with van der Waals surface area (Å²) in [6.45, 7) is 5.66. The van der Waals surface area contributed by atoms with E-state index in [2.05, 4.69) is 0 Å². The van der Waals surface area contributed by atoms with E-state index in [9.17, 15) is 5.11 Å². The van der Waals surface area contributed by atoms with Crippen LogP contribution in [0.25, 0.3) is 0 Å². The van der Waals surface area contributed by atoms with Crippen molar-refractivity contribution in [1.82, 2.24) is 0 Å². The van der Waals surface area contributed by atoms with Crippen molar-refractivity contribution in [3.63, 3.8) is 0 Å². The quantitative estimate of drug-likeness (QED) is 0.739. The van der Waals surface area contributed by atoms with Gasteiger partial charge in [0.1, 0.15) is 6.10 Å². The van der Waals surface area contributed by atoms with Gasteiger partial charge in [0.25, 0.3) is 0 Å². The molecule has 0 bridgehead atoms. The summed E-state index contributed by atoms with van der Waals surface area (Å²) in [6, 6.07) is 0. The van der Waals surface area contributed by atoms with Crippen LogP contribution in [0.4, 0.5) is 0 Å². The van der Waals surface area contributed by atoms with Crippen LogP contribution in [0.15, 0.2) is 0 Å². The molecule has 1 aliphatic carbocycles. The first-order chi connectivity index (χ1) is 7.25. The topological polar surface area (TPSA) is 38.7 Å².